The number of carboxylic acids is 1. The van der Waals surface area contributed by atoms with Crippen LogP contribution in [0.15, 0.2) is 58.2 Å². The largest absolute Gasteiger partial charge is 0.478 e. The van der Waals surface area contributed by atoms with Crippen molar-refractivity contribution >= 4 is 40.5 Å². The molecule has 2 heterocycles. The first-order valence-corrected chi connectivity index (χ1v) is 7.98. The van der Waals surface area contributed by atoms with Crippen LogP contribution in [0.5, 0.6) is 0 Å². The van der Waals surface area contributed by atoms with Gasteiger partial charge in [0.2, 0.25) is 0 Å². The van der Waals surface area contributed by atoms with Crippen LogP contribution in [0.4, 0.5) is 5.69 Å². The van der Waals surface area contributed by atoms with Crippen molar-refractivity contribution in [1.29, 1.82) is 0 Å². The number of carboxylic acid groups (broad SMARTS) is 1. The van der Waals surface area contributed by atoms with Crippen molar-refractivity contribution < 1.29 is 9.90 Å². The Balaban J connectivity index is 1.75. The average Bonchev–Trinajstić information content (AvgIpc) is 3.16. The topological polar surface area (TPSA) is 49.7 Å². The van der Waals surface area contributed by atoms with E-state index in [2.05, 4.69) is 27.9 Å². The van der Waals surface area contributed by atoms with Gasteiger partial charge in [-0.1, -0.05) is 0 Å². The van der Waals surface area contributed by atoms with Crippen molar-refractivity contribution in [3.63, 3.8) is 0 Å². The number of aromatic carboxylic acids is 1. The van der Waals surface area contributed by atoms with Crippen molar-refractivity contribution in [2.45, 2.75) is 0 Å². The fraction of sp³-hybridized carbons (Fsp3) is 0. The summed E-state index contributed by atoms with van der Waals surface area (Å²) in [6, 6.07) is 12.7. The molecule has 21 heavy (non-hydrogen) atoms. The molecule has 3 aromatic rings. The molecule has 0 atom stereocenters. The first-order chi connectivity index (χ1) is 10.2. The predicted octanol–water partition coefficient (Wildman–Crippen LogP) is 4.93. The predicted molar refractivity (Wildman–Crippen MR) is 88.3 cm³/mol. The van der Waals surface area contributed by atoms with Gasteiger partial charge in [0.25, 0.3) is 0 Å². The minimum atomic E-state index is -0.927. The zero-order valence-corrected chi connectivity index (χ0v) is 12.5. The van der Waals surface area contributed by atoms with Gasteiger partial charge in [0, 0.05) is 21.5 Å². The second-order valence-corrected chi connectivity index (χ2v) is 6.22. The summed E-state index contributed by atoms with van der Waals surface area (Å²) >= 11 is 3.36. The monoisotopic (exact) mass is 313 g/mol. The second kappa shape index (κ2) is 6.03. The summed E-state index contributed by atoms with van der Waals surface area (Å²) in [6.45, 7) is 0. The van der Waals surface area contributed by atoms with Gasteiger partial charge in [-0.05, 0) is 53.2 Å². The lowest BCUT2D eigenvalue weighted by Crippen LogP contribution is -1.94. The normalized spacial score (nSPS) is 11.0. The summed E-state index contributed by atoms with van der Waals surface area (Å²) in [5.74, 6) is -0.927. The van der Waals surface area contributed by atoms with Crippen LogP contribution in [-0.4, -0.2) is 17.3 Å². The fourth-order valence-electron chi connectivity index (χ4n) is 1.81. The molecule has 0 spiro atoms. The molecule has 0 aliphatic carbocycles. The summed E-state index contributed by atoms with van der Waals surface area (Å²) in [7, 11) is 0. The van der Waals surface area contributed by atoms with Crippen molar-refractivity contribution in [3.05, 3.63) is 63.7 Å². The number of benzene rings is 1. The third-order valence-corrected chi connectivity index (χ3v) is 4.64. The van der Waals surface area contributed by atoms with E-state index in [1.807, 2.05) is 6.07 Å². The molecule has 5 heteroatoms. The van der Waals surface area contributed by atoms with Crippen molar-refractivity contribution in [2.24, 2.45) is 4.99 Å². The quantitative estimate of drug-likeness (QED) is 0.695. The van der Waals surface area contributed by atoms with Crippen LogP contribution in [0.2, 0.25) is 0 Å². The third-order valence-electron chi connectivity index (χ3n) is 2.89. The molecule has 0 radical (unpaired) electrons. The average molecular weight is 313 g/mol. The SMILES string of the molecule is O=C(O)c1ccc(N=Cc2ccc(-c3ccsc3)s2)cc1. The van der Waals surface area contributed by atoms with Crippen LogP contribution >= 0.6 is 22.7 Å². The van der Waals surface area contributed by atoms with E-state index in [-0.39, 0.29) is 5.56 Å². The number of thiophene rings is 2. The molecule has 1 N–H and O–H groups in total. The highest BCUT2D eigenvalue weighted by Crippen LogP contribution is 2.29. The van der Waals surface area contributed by atoms with Gasteiger partial charge < -0.3 is 5.11 Å². The first-order valence-electron chi connectivity index (χ1n) is 6.22. The maximum atomic E-state index is 10.8. The number of nitrogens with zero attached hydrogens (tertiary/aromatic N) is 1. The van der Waals surface area contributed by atoms with Gasteiger partial charge in [-0.3, -0.25) is 4.99 Å². The Morgan fingerprint density at radius 1 is 1.10 bits per heavy atom. The highest BCUT2D eigenvalue weighted by Gasteiger charge is 2.02. The van der Waals surface area contributed by atoms with Gasteiger partial charge in [0.1, 0.15) is 0 Å². The Kier molecular flexibility index (Phi) is 3.94. The summed E-state index contributed by atoms with van der Waals surface area (Å²) in [5, 5.41) is 13.0. The summed E-state index contributed by atoms with van der Waals surface area (Å²) in [5.41, 5.74) is 2.24. The van der Waals surface area contributed by atoms with Crippen LogP contribution in [0, 0.1) is 0 Å². The molecule has 0 amide bonds. The van der Waals surface area contributed by atoms with Gasteiger partial charge in [-0.25, -0.2) is 4.79 Å². The van der Waals surface area contributed by atoms with Gasteiger partial charge in [0.15, 0.2) is 0 Å². The molecular weight excluding hydrogens is 302 g/mol. The fourth-order valence-corrected chi connectivity index (χ4v) is 3.42. The van der Waals surface area contributed by atoms with E-state index in [0.717, 1.165) is 10.6 Å². The molecule has 0 fully saturated rings. The van der Waals surface area contributed by atoms with Crippen LogP contribution in [0.1, 0.15) is 15.2 Å². The number of aliphatic imine (C=N–C) groups is 1. The van der Waals surface area contributed by atoms with Gasteiger partial charge >= 0.3 is 5.97 Å². The van der Waals surface area contributed by atoms with Crippen molar-refractivity contribution in [1.82, 2.24) is 0 Å². The Hall–Kier alpha value is -2.24. The minimum Gasteiger partial charge on any atom is -0.478 e. The lowest BCUT2D eigenvalue weighted by molar-refractivity contribution is 0.0697. The second-order valence-electron chi connectivity index (χ2n) is 4.32. The van der Waals surface area contributed by atoms with E-state index in [1.54, 1.807) is 53.2 Å². The summed E-state index contributed by atoms with van der Waals surface area (Å²) in [4.78, 5) is 17.4. The lowest BCUT2D eigenvalue weighted by atomic mass is 10.2. The Bertz CT molecular complexity index is 771. The molecule has 104 valence electrons. The molecule has 2 aromatic heterocycles. The van der Waals surface area contributed by atoms with E-state index < -0.39 is 5.97 Å². The lowest BCUT2D eigenvalue weighted by Gasteiger charge is -1.95. The van der Waals surface area contributed by atoms with Gasteiger partial charge in [-0.15, -0.1) is 11.3 Å². The van der Waals surface area contributed by atoms with Gasteiger partial charge in [-0.2, -0.15) is 11.3 Å². The number of hydrogen-bond donors (Lipinski definition) is 1. The van der Waals surface area contributed by atoms with Crippen LogP contribution in [0.3, 0.4) is 0 Å². The molecular formula is C16H11NO2S2. The van der Waals surface area contributed by atoms with E-state index >= 15 is 0 Å². The standard InChI is InChI=1S/C16H11NO2S2/c18-16(19)11-1-3-13(4-2-11)17-9-14-5-6-15(21-14)12-7-8-20-10-12/h1-10H,(H,18,19). The molecule has 3 nitrogen and oxygen atoms in total. The molecule has 0 unspecified atom stereocenters. The Morgan fingerprint density at radius 2 is 1.90 bits per heavy atom. The van der Waals surface area contributed by atoms with E-state index in [0.29, 0.717) is 0 Å². The number of rotatable bonds is 4. The molecule has 1 aromatic carbocycles. The van der Waals surface area contributed by atoms with Crippen molar-refractivity contribution in [2.75, 3.05) is 0 Å². The first kappa shape index (κ1) is 13.7. The molecule has 0 aliphatic rings. The van der Waals surface area contributed by atoms with E-state index in [9.17, 15) is 4.79 Å². The van der Waals surface area contributed by atoms with Crippen molar-refractivity contribution in [3.8, 4) is 10.4 Å². The number of carbonyl (C=O) groups is 1. The maximum Gasteiger partial charge on any atom is 0.335 e. The Labute approximate surface area is 129 Å². The molecule has 0 aliphatic heterocycles. The Morgan fingerprint density at radius 3 is 2.57 bits per heavy atom. The smallest absolute Gasteiger partial charge is 0.335 e. The number of hydrogen-bond acceptors (Lipinski definition) is 4. The minimum absolute atomic E-state index is 0.268. The zero-order valence-electron chi connectivity index (χ0n) is 10.9. The molecule has 0 saturated heterocycles. The molecule has 0 saturated carbocycles. The highest BCUT2D eigenvalue weighted by atomic mass is 32.1. The molecule has 3 rings (SSSR count). The molecule has 0 bridgehead atoms. The van der Waals surface area contributed by atoms with Crippen LogP contribution < -0.4 is 0 Å². The summed E-state index contributed by atoms with van der Waals surface area (Å²) in [6.07, 6.45) is 1.80. The highest BCUT2D eigenvalue weighted by molar-refractivity contribution is 7.17. The van der Waals surface area contributed by atoms with Gasteiger partial charge in [0.05, 0.1) is 11.3 Å². The van der Waals surface area contributed by atoms with E-state index in [4.69, 9.17) is 5.11 Å². The third kappa shape index (κ3) is 3.26. The van der Waals surface area contributed by atoms with E-state index in [1.165, 1.54) is 10.4 Å². The maximum absolute atomic E-state index is 10.8. The summed E-state index contributed by atoms with van der Waals surface area (Å²) < 4.78 is 0. The van der Waals surface area contributed by atoms with Crippen LogP contribution in [0.25, 0.3) is 10.4 Å². The van der Waals surface area contributed by atoms with Crippen LogP contribution in [-0.2, 0) is 0 Å². The zero-order chi connectivity index (χ0) is 14.7.